The Labute approximate surface area is 317 Å². The quantitative estimate of drug-likeness (QED) is 0.128. The third-order valence-electron chi connectivity index (χ3n) is 8.94. The lowest BCUT2D eigenvalue weighted by molar-refractivity contribution is 1.28. The highest BCUT2D eigenvalue weighted by molar-refractivity contribution is 6.31. The van der Waals surface area contributed by atoms with Gasteiger partial charge in [-0.2, -0.15) is 0 Å². The fourth-order valence-electron chi connectivity index (χ4n) is 6.08. The van der Waals surface area contributed by atoms with Gasteiger partial charge in [0.1, 0.15) is 0 Å². The zero-order chi connectivity index (χ0) is 35.7. The standard InChI is InChI=1S/C49H37Cl2N/c1-36-12-14-37(15-13-36)16-17-38-18-30-46(31-19-38)52(35-49(42-22-26-44(50)27-23-42)43-24-28-45(51)29-25-43)47-32-20-39(21-33-47)34-48(40-8-4-2-5-9-40)41-10-6-3-7-11-41/h2-35H,1H3/b17-16-. The lowest BCUT2D eigenvalue weighted by Gasteiger charge is -2.24. The van der Waals surface area contributed by atoms with Crippen molar-refractivity contribution in [2.24, 2.45) is 0 Å². The molecule has 252 valence electrons. The predicted octanol–water partition coefficient (Wildman–Crippen LogP) is 14.3. The minimum atomic E-state index is 0.694. The van der Waals surface area contributed by atoms with Crippen molar-refractivity contribution < 1.29 is 0 Å². The van der Waals surface area contributed by atoms with Gasteiger partial charge in [-0.15, -0.1) is 0 Å². The maximum absolute atomic E-state index is 6.34. The van der Waals surface area contributed by atoms with E-state index in [9.17, 15) is 0 Å². The summed E-state index contributed by atoms with van der Waals surface area (Å²) in [6.45, 7) is 2.11. The van der Waals surface area contributed by atoms with Gasteiger partial charge in [-0.05, 0) is 106 Å². The molecule has 0 atom stereocenters. The van der Waals surface area contributed by atoms with Crippen molar-refractivity contribution in [3.8, 4) is 0 Å². The second-order valence-corrected chi connectivity index (χ2v) is 13.5. The van der Waals surface area contributed by atoms with E-state index in [4.69, 9.17) is 23.2 Å². The van der Waals surface area contributed by atoms with E-state index in [-0.39, 0.29) is 0 Å². The van der Waals surface area contributed by atoms with Crippen molar-refractivity contribution in [3.63, 3.8) is 0 Å². The molecule has 0 amide bonds. The summed E-state index contributed by atoms with van der Waals surface area (Å²) in [6, 6.07) is 63.0. The predicted molar refractivity (Wildman–Crippen MR) is 225 cm³/mol. The largest absolute Gasteiger partial charge is 0.317 e. The van der Waals surface area contributed by atoms with E-state index in [1.165, 1.54) is 27.8 Å². The highest BCUT2D eigenvalue weighted by Gasteiger charge is 2.13. The molecule has 0 aliphatic rings. The molecule has 0 aromatic heterocycles. The number of hydrogen-bond acceptors (Lipinski definition) is 1. The van der Waals surface area contributed by atoms with Crippen molar-refractivity contribution >= 4 is 64.0 Å². The van der Waals surface area contributed by atoms with Crippen LogP contribution >= 0.6 is 23.2 Å². The molecule has 1 nitrogen and oxygen atoms in total. The first-order valence-corrected chi connectivity index (χ1v) is 18.0. The third kappa shape index (κ3) is 8.71. The molecule has 0 fully saturated rings. The Balaban J connectivity index is 1.30. The van der Waals surface area contributed by atoms with E-state index < -0.39 is 0 Å². The zero-order valence-corrected chi connectivity index (χ0v) is 30.3. The van der Waals surface area contributed by atoms with Crippen molar-refractivity contribution in [2.75, 3.05) is 4.90 Å². The molecule has 0 aliphatic heterocycles. The average Bonchev–Trinajstić information content (AvgIpc) is 3.19. The maximum Gasteiger partial charge on any atom is 0.0456 e. The number of anilines is 2. The van der Waals surface area contributed by atoms with Gasteiger partial charge < -0.3 is 4.90 Å². The number of benzene rings is 7. The normalized spacial score (nSPS) is 10.9. The van der Waals surface area contributed by atoms with Crippen LogP contribution in [0.3, 0.4) is 0 Å². The topological polar surface area (TPSA) is 3.24 Å². The van der Waals surface area contributed by atoms with E-state index >= 15 is 0 Å². The summed E-state index contributed by atoms with van der Waals surface area (Å²) in [7, 11) is 0. The number of hydrogen-bond donors (Lipinski definition) is 0. The van der Waals surface area contributed by atoms with E-state index in [0.717, 1.165) is 39.2 Å². The SMILES string of the molecule is Cc1ccc(/C=C\c2ccc(N(C=C(c3ccc(Cl)cc3)c3ccc(Cl)cc3)c3ccc(C=C(c4ccccc4)c4ccccc4)cc3)cc2)cc1. The van der Waals surface area contributed by atoms with Crippen LogP contribution in [-0.2, 0) is 0 Å². The first-order valence-electron chi connectivity index (χ1n) is 17.3. The Morgan fingerprint density at radius 2 is 0.788 bits per heavy atom. The van der Waals surface area contributed by atoms with Crippen LogP contribution in [0.4, 0.5) is 11.4 Å². The fraction of sp³-hybridized carbons (Fsp3) is 0.0204. The maximum atomic E-state index is 6.34. The molecule has 0 N–H and O–H groups in total. The average molecular weight is 711 g/mol. The summed E-state index contributed by atoms with van der Waals surface area (Å²) in [4.78, 5) is 2.24. The van der Waals surface area contributed by atoms with Crippen LogP contribution in [0.25, 0.3) is 29.4 Å². The molecule has 7 aromatic rings. The van der Waals surface area contributed by atoms with Crippen molar-refractivity contribution in [1.82, 2.24) is 0 Å². The summed E-state index contributed by atoms with van der Waals surface area (Å²) in [5.74, 6) is 0. The van der Waals surface area contributed by atoms with Crippen LogP contribution < -0.4 is 4.90 Å². The van der Waals surface area contributed by atoms with Gasteiger partial charge in [0.15, 0.2) is 0 Å². The van der Waals surface area contributed by atoms with Crippen molar-refractivity contribution in [1.29, 1.82) is 0 Å². The van der Waals surface area contributed by atoms with E-state index in [0.29, 0.717) is 10.0 Å². The van der Waals surface area contributed by atoms with Crippen LogP contribution in [0, 0.1) is 6.92 Å². The lowest BCUT2D eigenvalue weighted by atomic mass is 9.95. The Morgan fingerprint density at radius 3 is 1.23 bits per heavy atom. The number of halogens is 2. The Hall–Kier alpha value is -5.86. The minimum Gasteiger partial charge on any atom is -0.317 e. The minimum absolute atomic E-state index is 0.694. The highest BCUT2D eigenvalue weighted by Crippen LogP contribution is 2.34. The van der Waals surface area contributed by atoms with Gasteiger partial charge in [0, 0.05) is 33.2 Å². The summed E-state index contributed by atoms with van der Waals surface area (Å²) >= 11 is 12.7. The molecule has 52 heavy (non-hydrogen) atoms. The van der Waals surface area contributed by atoms with Crippen LogP contribution in [-0.4, -0.2) is 0 Å². The van der Waals surface area contributed by atoms with Gasteiger partial charge in [-0.3, -0.25) is 0 Å². The van der Waals surface area contributed by atoms with Crippen molar-refractivity contribution in [3.05, 3.63) is 243 Å². The molecule has 0 saturated carbocycles. The summed E-state index contributed by atoms with van der Waals surface area (Å²) in [6.07, 6.45) is 8.76. The van der Waals surface area contributed by atoms with Gasteiger partial charge >= 0.3 is 0 Å². The summed E-state index contributed by atoms with van der Waals surface area (Å²) < 4.78 is 0. The van der Waals surface area contributed by atoms with Crippen molar-refractivity contribution in [2.45, 2.75) is 6.92 Å². The van der Waals surface area contributed by atoms with Gasteiger partial charge in [-0.1, -0.05) is 174 Å². The second-order valence-electron chi connectivity index (χ2n) is 12.6. The molecule has 0 bridgehead atoms. The number of aryl methyl sites for hydroxylation is 1. The zero-order valence-electron chi connectivity index (χ0n) is 28.8. The molecule has 7 aromatic carbocycles. The van der Waals surface area contributed by atoms with E-state index in [1.807, 2.05) is 24.3 Å². The molecule has 0 unspecified atom stereocenters. The Bertz CT molecular complexity index is 2210. The molecule has 0 spiro atoms. The molecule has 0 aliphatic carbocycles. The summed E-state index contributed by atoms with van der Waals surface area (Å²) in [5, 5.41) is 1.39. The van der Waals surface area contributed by atoms with E-state index in [2.05, 4.69) is 194 Å². The second kappa shape index (κ2) is 16.4. The molecule has 0 saturated heterocycles. The van der Waals surface area contributed by atoms with Crippen LogP contribution in [0.1, 0.15) is 44.5 Å². The molecule has 0 radical (unpaired) electrons. The summed E-state index contributed by atoms with van der Waals surface area (Å²) in [5.41, 5.74) is 13.4. The number of rotatable bonds is 10. The first-order chi connectivity index (χ1) is 25.5. The van der Waals surface area contributed by atoms with Gasteiger partial charge in [-0.25, -0.2) is 0 Å². The van der Waals surface area contributed by atoms with Crippen LogP contribution in [0.5, 0.6) is 0 Å². The lowest BCUT2D eigenvalue weighted by Crippen LogP contribution is -2.10. The van der Waals surface area contributed by atoms with Gasteiger partial charge in [0.05, 0.1) is 0 Å². The fourth-order valence-corrected chi connectivity index (χ4v) is 6.34. The Morgan fingerprint density at radius 1 is 0.404 bits per heavy atom. The van der Waals surface area contributed by atoms with Crippen LogP contribution in [0.15, 0.2) is 188 Å². The molecule has 0 heterocycles. The molecular formula is C49H37Cl2N. The van der Waals surface area contributed by atoms with Gasteiger partial charge in [0.2, 0.25) is 0 Å². The molecule has 7 rings (SSSR count). The monoisotopic (exact) mass is 709 g/mol. The van der Waals surface area contributed by atoms with E-state index in [1.54, 1.807) is 0 Å². The smallest absolute Gasteiger partial charge is 0.0456 e. The van der Waals surface area contributed by atoms with Gasteiger partial charge in [0.25, 0.3) is 0 Å². The number of nitrogens with zero attached hydrogens (tertiary/aromatic N) is 1. The van der Waals surface area contributed by atoms with Crippen LogP contribution in [0.2, 0.25) is 10.0 Å². The Kier molecular flexibility index (Phi) is 10.9. The molecule has 3 heteroatoms. The highest BCUT2D eigenvalue weighted by atomic mass is 35.5. The molecular weight excluding hydrogens is 673 g/mol. The first kappa shape index (κ1) is 34.6. The third-order valence-corrected chi connectivity index (χ3v) is 9.44.